The minimum atomic E-state index is -5.24. The van der Waals surface area contributed by atoms with Gasteiger partial charge in [0.1, 0.15) is 6.21 Å². The van der Waals surface area contributed by atoms with Crippen LogP contribution in [0, 0.1) is 0 Å². The second kappa shape index (κ2) is 5.39. The Morgan fingerprint density at radius 1 is 1.10 bits per heavy atom. The molecule has 110 valence electrons. The van der Waals surface area contributed by atoms with E-state index in [1.807, 2.05) is 5.32 Å². The molecule has 0 spiro atoms. The summed E-state index contributed by atoms with van der Waals surface area (Å²) in [6.07, 6.45) is -10.1. The van der Waals surface area contributed by atoms with Crippen LogP contribution < -0.4 is 5.32 Å². The van der Waals surface area contributed by atoms with Crippen LogP contribution in [-0.4, -0.2) is 17.3 Å². The fourth-order valence-electron chi connectivity index (χ4n) is 1.33. The van der Waals surface area contributed by atoms with Gasteiger partial charge < -0.3 is 10.5 Å². The van der Waals surface area contributed by atoms with Crippen LogP contribution in [-0.2, 0) is 17.1 Å². The van der Waals surface area contributed by atoms with Crippen molar-refractivity contribution in [3.8, 4) is 0 Å². The van der Waals surface area contributed by atoms with Gasteiger partial charge in [-0.1, -0.05) is 5.16 Å². The molecule has 0 aliphatic heterocycles. The number of hydrogen-bond acceptors (Lipinski definition) is 3. The molecule has 0 saturated carbocycles. The van der Waals surface area contributed by atoms with Crippen molar-refractivity contribution in [3.05, 3.63) is 29.3 Å². The summed E-state index contributed by atoms with van der Waals surface area (Å²) in [5.74, 6) is -1.10. The van der Waals surface area contributed by atoms with Gasteiger partial charge in [-0.15, -0.1) is 0 Å². The van der Waals surface area contributed by atoms with Gasteiger partial charge in [0, 0.05) is 5.69 Å². The Morgan fingerprint density at radius 2 is 1.65 bits per heavy atom. The summed E-state index contributed by atoms with van der Waals surface area (Å²) in [7, 11) is 0. The Bertz CT molecular complexity index is 536. The number of amides is 1. The third-order valence-electron chi connectivity index (χ3n) is 2.07. The van der Waals surface area contributed by atoms with E-state index >= 15 is 0 Å². The Hall–Kier alpha value is -2.26. The average molecular weight is 300 g/mol. The van der Waals surface area contributed by atoms with Crippen molar-refractivity contribution in [1.82, 2.24) is 0 Å². The first kappa shape index (κ1) is 15.8. The zero-order valence-electron chi connectivity index (χ0n) is 9.38. The molecule has 0 saturated heterocycles. The summed E-state index contributed by atoms with van der Waals surface area (Å²) in [4.78, 5) is 10.9. The highest BCUT2D eigenvalue weighted by atomic mass is 19.4. The molecule has 1 aromatic carbocycles. The lowest BCUT2D eigenvalue weighted by molar-refractivity contribution is -0.162. The summed E-state index contributed by atoms with van der Waals surface area (Å²) >= 11 is 0. The fourth-order valence-corrected chi connectivity index (χ4v) is 1.33. The van der Waals surface area contributed by atoms with Crippen LogP contribution in [0.25, 0.3) is 0 Å². The van der Waals surface area contributed by atoms with Gasteiger partial charge in [0.05, 0.1) is 11.1 Å². The van der Waals surface area contributed by atoms with E-state index in [1.54, 1.807) is 0 Å². The highest BCUT2D eigenvalue weighted by Crippen LogP contribution is 2.41. The third kappa shape index (κ3) is 3.87. The Balaban J connectivity index is 3.26. The largest absolute Gasteiger partial charge is 0.417 e. The molecular formula is C10H6F6N2O2. The van der Waals surface area contributed by atoms with Gasteiger partial charge in [0.15, 0.2) is 0 Å². The van der Waals surface area contributed by atoms with Gasteiger partial charge in [-0.2, -0.15) is 26.3 Å². The lowest BCUT2D eigenvalue weighted by atomic mass is 10.1. The summed E-state index contributed by atoms with van der Waals surface area (Å²) in [5.41, 5.74) is -4.31. The lowest BCUT2D eigenvalue weighted by Crippen LogP contribution is -2.18. The van der Waals surface area contributed by atoms with Crippen LogP contribution in [0.2, 0.25) is 0 Å². The number of rotatable bonds is 2. The van der Waals surface area contributed by atoms with Gasteiger partial charge in [-0.25, -0.2) is 0 Å². The van der Waals surface area contributed by atoms with Crippen molar-refractivity contribution in [2.45, 2.75) is 12.4 Å². The van der Waals surface area contributed by atoms with Crippen molar-refractivity contribution >= 4 is 17.8 Å². The van der Waals surface area contributed by atoms with Crippen molar-refractivity contribution in [2.24, 2.45) is 5.16 Å². The predicted molar refractivity (Wildman–Crippen MR) is 55.4 cm³/mol. The number of carbonyl (C=O) groups is 1. The van der Waals surface area contributed by atoms with E-state index in [-0.39, 0.29) is 12.1 Å². The van der Waals surface area contributed by atoms with E-state index in [0.717, 1.165) is 0 Å². The molecule has 2 N–H and O–H groups in total. The van der Waals surface area contributed by atoms with E-state index in [4.69, 9.17) is 5.21 Å². The van der Waals surface area contributed by atoms with Crippen molar-refractivity contribution in [1.29, 1.82) is 0 Å². The molecule has 1 amide bonds. The topological polar surface area (TPSA) is 61.7 Å². The lowest BCUT2D eigenvalue weighted by Gasteiger charge is -2.16. The number of hydrogen-bond donors (Lipinski definition) is 2. The van der Waals surface area contributed by atoms with Crippen LogP contribution in [0.5, 0.6) is 0 Å². The minimum Gasteiger partial charge on any atom is -0.411 e. The molecule has 0 bridgehead atoms. The van der Waals surface area contributed by atoms with Crippen LogP contribution in [0.1, 0.15) is 11.1 Å². The molecule has 0 atom stereocenters. The standard InChI is InChI=1S/C10H6F6N2O2/c11-9(12,13)6-2-1-5(18-8(19)4-17-20)3-7(6)10(14,15)16/h1-4,20H,(H,18,19)/b17-4-. The first-order valence-electron chi connectivity index (χ1n) is 4.82. The van der Waals surface area contributed by atoms with Crippen molar-refractivity contribution in [3.63, 3.8) is 0 Å². The summed E-state index contributed by atoms with van der Waals surface area (Å²) in [6, 6.07) is 1.00. The highest BCUT2D eigenvalue weighted by Gasteiger charge is 2.43. The summed E-state index contributed by atoms with van der Waals surface area (Å²) in [6.45, 7) is 0. The maximum Gasteiger partial charge on any atom is 0.417 e. The fraction of sp³-hybridized carbons (Fsp3) is 0.200. The normalized spacial score (nSPS) is 12.7. The zero-order chi connectivity index (χ0) is 15.6. The number of oxime groups is 1. The second-order valence-corrected chi connectivity index (χ2v) is 3.49. The molecule has 0 radical (unpaired) electrons. The zero-order valence-corrected chi connectivity index (χ0v) is 9.38. The number of carbonyl (C=O) groups excluding carboxylic acids is 1. The van der Waals surface area contributed by atoms with E-state index in [9.17, 15) is 31.1 Å². The molecule has 0 aromatic heterocycles. The molecule has 0 fully saturated rings. The van der Waals surface area contributed by atoms with Gasteiger partial charge in [0.2, 0.25) is 0 Å². The maximum atomic E-state index is 12.6. The molecule has 0 heterocycles. The van der Waals surface area contributed by atoms with Crippen molar-refractivity contribution < 1.29 is 36.3 Å². The molecule has 1 aromatic rings. The SMILES string of the molecule is O=C(/C=N\O)Nc1ccc(C(F)(F)F)c(C(F)(F)F)c1. The van der Waals surface area contributed by atoms with Crippen molar-refractivity contribution in [2.75, 3.05) is 5.32 Å². The van der Waals surface area contributed by atoms with Crippen LogP contribution in [0.3, 0.4) is 0 Å². The average Bonchev–Trinajstić information content (AvgIpc) is 2.26. The van der Waals surface area contributed by atoms with Gasteiger partial charge in [-0.05, 0) is 18.2 Å². The maximum absolute atomic E-state index is 12.6. The summed E-state index contributed by atoms with van der Waals surface area (Å²) in [5, 5.41) is 12.2. The molecule has 0 unspecified atom stereocenters. The molecule has 20 heavy (non-hydrogen) atoms. The molecule has 10 heteroatoms. The first-order valence-corrected chi connectivity index (χ1v) is 4.82. The van der Waals surface area contributed by atoms with E-state index < -0.39 is 35.1 Å². The van der Waals surface area contributed by atoms with Crippen LogP contribution in [0.4, 0.5) is 32.0 Å². The highest BCUT2D eigenvalue weighted by molar-refractivity contribution is 6.31. The molecule has 0 aliphatic carbocycles. The smallest absolute Gasteiger partial charge is 0.411 e. The molecular weight excluding hydrogens is 294 g/mol. The molecule has 1 rings (SSSR count). The molecule has 0 aliphatic rings. The summed E-state index contributed by atoms with van der Waals surface area (Å²) < 4.78 is 75.1. The quantitative estimate of drug-likeness (QED) is 0.381. The number of halogens is 6. The monoisotopic (exact) mass is 300 g/mol. The minimum absolute atomic E-state index is 0.145. The Labute approximate surface area is 107 Å². The number of anilines is 1. The van der Waals surface area contributed by atoms with Gasteiger partial charge in [-0.3, -0.25) is 4.79 Å². The van der Waals surface area contributed by atoms with E-state index in [2.05, 4.69) is 5.16 Å². The molecule has 4 nitrogen and oxygen atoms in total. The van der Waals surface area contributed by atoms with E-state index in [0.29, 0.717) is 12.3 Å². The predicted octanol–water partition coefficient (Wildman–Crippen LogP) is 3.12. The number of nitrogens with zero attached hydrogens (tertiary/aromatic N) is 1. The first-order chi connectivity index (χ1) is 9.05. The third-order valence-corrected chi connectivity index (χ3v) is 2.07. The Morgan fingerprint density at radius 3 is 2.10 bits per heavy atom. The van der Waals surface area contributed by atoms with Gasteiger partial charge in [0.25, 0.3) is 5.91 Å². The van der Waals surface area contributed by atoms with Crippen LogP contribution in [0.15, 0.2) is 23.4 Å². The number of nitrogens with one attached hydrogen (secondary N) is 1. The van der Waals surface area contributed by atoms with E-state index in [1.165, 1.54) is 0 Å². The number of benzene rings is 1. The Kier molecular flexibility index (Phi) is 4.26. The second-order valence-electron chi connectivity index (χ2n) is 3.49. The van der Waals surface area contributed by atoms with Crippen LogP contribution >= 0.6 is 0 Å². The number of alkyl halides is 6. The van der Waals surface area contributed by atoms with Gasteiger partial charge >= 0.3 is 12.4 Å².